The van der Waals surface area contributed by atoms with Crippen LogP contribution in [0.3, 0.4) is 0 Å². The van der Waals surface area contributed by atoms with Gasteiger partial charge in [-0.25, -0.2) is 0 Å². The van der Waals surface area contributed by atoms with E-state index in [1.165, 1.54) is 25.2 Å². The van der Waals surface area contributed by atoms with Gasteiger partial charge in [-0.3, -0.25) is 14.9 Å². The summed E-state index contributed by atoms with van der Waals surface area (Å²) in [5.74, 6) is -0.439. The number of nitrogens with two attached hydrogens (primary N) is 1. The minimum absolute atomic E-state index is 0.113. The first-order chi connectivity index (χ1) is 6.57. The fourth-order valence-electron chi connectivity index (χ4n) is 1.04. The SMILES string of the molecule is CNC(=O)c1cccc([N+](=O)[O-])c1N. The fourth-order valence-corrected chi connectivity index (χ4v) is 1.04. The van der Waals surface area contributed by atoms with E-state index in [4.69, 9.17) is 5.73 Å². The highest BCUT2D eigenvalue weighted by Crippen LogP contribution is 2.24. The van der Waals surface area contributed by atoms with Crippen LogP contribution in [0.15, 0.2) is 18.2 Å². The summed E-state index contributed by atoms with van der Waals surface area (Å²) in [5, 5.41) is 12.8. The van der Waals surface area contributed by atoms with Crippen molar-refractivity contribution in [1.82, 2.24) is 5.32 Å². The van der Waals surface area contributed by atoms with Crippen molar-refractivity contribution < 1.29 is 9.72 Å². The molecule has 74 valence electrons. The van der Waals surface area contributed by atoms with E-state index in [1.807, 2.05) is 0 Å². The molecule has 0 aliphatic heterocycles. The van der Waals surface area contributed by atoms with Crippen molar-refractivity contribution in [1.29, 1.82) is 0 Å². The van der Waals surface area contributed by atoms with Gasteiger partial charge >= 0.3 is 0 Å². The monoisotopic (exact) mass is 195 g/mol. The summed E-state index contributed by atoms with van der Waals surface area (Å²) in [7, 11) is 1.43. The van der Waals surface area contributed by atoms with Crippen molar-refractivity contribution in [2.24, 2.45) is 0 Å². The molecule has 0 heterocycles. The topological polar surface area (TPSA) is 98.3 Å². The maximum absolute atomic E-state index is 11.2. The van der Waals surface area contributed by atoms with Crippen LogP contribution in [-0.4, -0.2) is 17.9 Å². The van der Waals surface area contributed by atoms with Crippen molar-refractivity contribution >= 4 is 17.3 Å². The number of anilines is 1. The molecule has 0 radical (unpaired) electrons. The second kappa shape index (κ2) is 3.73. The van der Waals surface area contributed by atoms with Gasteiger partial charge in [0.15, 0.2) is 0 Å². The van der Waals surface area contributed by atoms with E-state index < -0.39 is 10.8 Å². The van der Waals surface area contributed by atoms with Crippen molar-refractivity contribution in [3.63, 3.8) is 0 Å². The molecule has 0 saturated heterocycles. The summed E-state index contributed by atoms with van der Waals surface area (Å²) in [6, 6.07) is 4.10. The van der Waals surface area contributed by atoms with Gasteiger partial charge in [0.05, 0.1) is 10.5 Å². The molecule has 0 atom stereocenters. The molecule has 14 heavy (non-hydrogen) atoms. The van der Waals surface area contributed by atoms with Crippen LogP contribution in [0, 0.1) is 10.1 Å². The Labute approximate surface area is 79.9 Å². The summed E-state index contributed by atoms with van der Waals surface area (Å²) in [5.41, 5.74) is 5.20. The zero-order valence-corrected chi connectivity index (χ0v) is 7.48. The second-order valence-corrected chi connectivity index (χ2v) is 2.57. The largest absolute Gasteiger partial charge is 0.393 e. The van der Waals surface area contributed by atoms with Gasteiger partial charge in [-0.05, 0) is 6.07 Å². The summed E-state index contributed by atoms with van der Waals surface area (Å²) >= 11 is 0. The third-order valence-electron chi connectivity index (χ3n) is 1.75. The van der Waals surface area contributed by atoms with Crippen molar-refractivity contribution in [3.8, 4) is 0 Å². The van der Waals surface area contributed by atoms with Crippen LogP contribution >= 0.6 is 0 Å². The van der Waals surface area contributed by atoms with Gasteiger partial charge in [-0.2, -0.15) is 0 Å². The lowest BCUT2D eigenvalue weighted by atomic mass is 10.1. The highest BCUT2D eigenvalue weighted by molar-refractivity contribution is 6.00. The summed E-state index contributed by atoms with van der Waals surface area (Å²) in [6.07, 6.45) is 0. The lowest BCUT2D eigenvalue weighted by Crippen LogP contribution is -2.19. The van der Waals surface area contributed by atoms with Crippen LogP contribution < -0.4 is 11.1 Å². The van der Waals surface area contributed by atoms with Crippen molar-refractivity contribution in [2.75, 3.05) is 12.8 Å². The Morgan fingerprint density at radius 1 is 1.57 bits per heavy atom. The molecule has 0 saturated carbocycles. The van der Waals surface area contributed by atoms with E-state index in [9.17, 15) is 14.9 Å². The number of nitrogens with one attached hydrogen (secondary N) is 1. The van der Waals surface area contributed by atoms with E-state index in [0.717, 1.165) is 0 Å². The molecule has 1 aromatic carbocycles. The van der Waals surface area contributed by atoms with Crippen LogP contribution in [-0.2, 0) is 0 Å². The molecule has 6 heteroatoms. The quantitative estimate of drug-likeness (QED) is 0.408. The van der Waals surface area contributed by atoms with E-state index in [-0.39, 0.29) is 16.9 Å². The number of nitro groups is 1. The number of hydrogen-bond acceptors (Lipinski definition) is 4. The van der Waals surface area contributed by atoms with Gasteiger partial charge in [-0.15, -0.1) is 0 Å². The Morgan fingerprint density at radius 2 is 2.21 bits per heavy atom. The predicted molar refractivity (Wildman–Crippen MR) is 50.9 cm³/mol. The number of hydrogen-bond donors (Lipinski definition) is 2. The van der Waals surface area contributed by atoms with Crippen molar-refractivity contribution in [3.05, 3.63) is 33.9 Å². The number of carbonyl (C=O) groups is 1. The molecule has 1 rings (SSSR count). The number of carbonyl (C=O) groups excluding carboxylic acids is 1. The van der Waals surface area contributed by atoms with Gasteiger partial charge in [0.1, 0.15) is 5.69 Å². The Hall–Kier alpha value is -2.11. The Balaban J connectivity index is 3.27. The van der Waals surface area contributed by atoms with Crippen LogP contribution in [0.4, 0.5) is 11.4 Å². The second-order valence-electron chi connectivity index (χ2n) is 2.57. The molecule has 0 aliphatic rings. The number of amides is 1. The van der Waals surface area contributed by atoms with E-state index in [2.05, 4.69) is 5.32 Å². The summed E-state index contributed by atoms with van der Waals surface area (Å²) < 4.78 is 0. The van der Waals surface area contributed by atoms with Gasteiger partial charge in [0.25, 0.3) is 11.6 Å². The Bertz CT molecular complexity index is 389. The summed E-state index contributed by atoms with van der Waals surface area (Å²) in [6.45, 7) is 0. The molecule has 0 bridgehead atoms. The lowest BCUT2D eigenvalue weighted by Gasteiger charge is -2.03. The number of nitro benzene ring substituents is 1. The number of rotatable bonds is 2. The van der Waals surface area contributed by atoms with Crippen LogP contribution in [0.5, 0.6) is 0 Å². The highest BCUT2D eigenvalue weighted by Gasteiger charge is 2.17. The fraction of sp³-hybridized carbons (Fsp3) is 0.125. The molecule has 0 aliphatic carbocycles. The molecule has 1 aromatic rings. The smallest absolute Gasteiger partial charge is 0.292 e. The molecule has 3 N–H and O–H groups in total. The third-order valence-corrected chi connectivity index (χ3v) is 1.75. The van der Waals surface area contributed by atoms with Gasteiger partial charge < -0.3 is 11.1 Å². The number of para-hydroxylation sites is 1. The zero-order chi connectivity index (χ0) is 10.7. The minimum atomic E-state index is -0.623. The first-order valence-corrected chi connectivity index (χ1v) is 3.83. The molecule has 1 amide bonds. The number of nitrogen functional groups attached to an aromatic ring is 1. The molecular formula is C8H9N3O3. The average molecular weight is 195 g/mol. The van der Waals surface area contributed by atoms with Gasteiger partial charge in [-0.1, -0.05) is 6.07 Å². The summed E-state index contributed by atoms with van der Waals surface area (Å²) in [4.78, 5) is 21.1. The Kier molecular flexibility index (Phi) is 2.66. The maximum atomic E-state index is 11.2. The van der Waals surface area contributed by atoms with Crippen LogP contribution in [0.25, 0.3) is 0 Å². The lowest BCUT2D eigenvalue weighted by molar-refractivity contribution is -0.383. The molecule has 0 aromatic heterocycles. The zero-order valence-electron chi connectivity index (χ0n) is 7.48. The van der Waals surface area contributed by atoms with Crippen LogP contribution in [0.2, 0.25) is 0 Å². The average Bonchev–Trinajstić information content (AvgIpc) is 2.16. The van der Waals surface area contributed by atoms with Gasteiger partial charge in [0.2, 0.25) is 0 Å². The van der Waals surface area contributed by atoms with E-state index in [0.29, 0.717) is 0 Å². The van der Waals surface area contributed by atoms with Crippen molar-refractivity contribution in [2.45, 2.75) is 0 Å². The molecule has 6 nitrogen and oxygen atoms in total. The molecule has 0 unspecified atom stereocenters. The normalized spacial score (nSPS) is 9.50. The number of benzene rings is 1. The molecular weight excluding hydrogens is 186 g/mol. The predicted octanol–water partition coefficient (Wildman–Crippen LogP) is 0.537. The van der Waals surface area contributed by atoms with Crippen LogP contribution in [0.1, 0.15) is 10.4 Å². The third kappa shape index (κ3) is 1.63. The standard InChI is InChI=1S/C8H9N3O3/c1-10-8(12)5-3-2-4-6(7(5)9)11(13)14/h2-4H,9H2,1H3,(H,10,12). The number of nitrogens with zero attached hydrogens (tertiary/aromatic N) is 1. The molecule has 0 spiro atoms. The molecule has 0 fully saturated rings. The first kappa shape index (κ1) is 9.97. The first-order valence-electron chi connectivity index (χ1n) is 3.83. The van der Waals surface area contributed by atoms with E-state index >= 15 is 0 Å². The highest BCUT2D eigenvalue weighted by atomic mass is 16.6. The van der Waals surface area contributed by atoms with Gasteiger partial charge in [0, 0.05) is 13.1 Å². The van der Waals surface area contributed by atoms with E-state index in [1.54, 1.807) is 0 Å². The minimum Gasteiger partial charge on any atom is -0.393 e. The Morgan fingerprint density at radius 3 is 2.71 bits per heavy atom. The maximum Gasteiger partial charge on any atom is 0.292 e.